The highest BCUT2D eigenvalue weighted by Crippen LogP contribution is 2.19. The molecule has 1 aromatic rings. The van der Waals surface area contributed by atoms with Crippen LogP contribution in [0.15, 0.2) is 34.8 Å². The number of nitrogens with one attached hydrogen (secondary N) is 2. The Labute approximate surface area is 106 Å². The number of hydrogen-bond donors (Lipinski definition) is 2. The molecule has 96 valence electrons. The topological polar surface area (TPSA) is 62.0 Å². The molecule has 0 bridgehead atoms. The summed E-state index contributed by atoms with van der Waals surface area (Å²) in [7, 11) is 0. The quantitative estimate of drug-likeness (QED) is 0.798. The highest BCUT2D eigenvalue weighted by Gasteiger charge is 2.07. The number of carbonyl (C=O) groups excluding carboxylic acids is 1. The highest BCUT2D eigenvalue weighted by molar-refractivity contribution is 5.93. The number of rotatable bonds is 4. The van der Waals surface area contributed by atoms with E-state index in [0.29, 0.717) is 12.1 Å². The summed E-state index contributed by atoms with van der Waals surface area (Å²) in [5, 5.41) is 2.84. The third-order valence-electron chi connectivity index (χ3n) is 3.15. The molecule has 18 heavy (non-hydrogen) atoms. The van der Waals surface area contributed by atoms with E-state index in [1.807, 2.05) is 0 Å². The van der Waals surface area contributed by atoms with Crippen LogP contribution in [-0.2, 0) is 0 Å². The Kier molecular flexibility index (Phi) is 4.34. The maximum absolute atomic E-state index is 11.8. The molecule has 0 saturated heterocycles. The summed E-state index contributed by atoms with van der Waals surface area (Å²) in [6.45, 7) is 0.636. The Hall–Kier alpha value is -1.84. The largest absolute Gasteiger partial charge is 0.352 e. The van der Waals surface area contributed by atoms with Gasteiger partial charge in [-0.2, -0.15) is 0 Å². The van der Waals surface area contributed by atoms with Crippen molar-refractivity contribution in [3.05, 3.63) is 45.9 Å². The zero-order valence-electron chi connectivity index (χ0n) is 10.4. The predicted molar refractivity (Wildman–Crippen MR) is 70.6 cm³/mol. The second kappa shape index (κ2) is 6.19. The number of aromatic nitrogens is 1. The molecular weight excluding hydrogens is 228 g/mol. The van der Waals surface area contributed by atoms with Crippen LogP contribution in [0.3, 0.4) is 0 Å². The van der Waals surface area contributed by atoms with Gasteiger partial charge in [0.15, 0.2) is 0 Å². The molecule has 0 saturated carbocycles. The average Bonchev–Trinajstić information content (AvgIpc) is 2.40. The van der Waals surface area contributed by atoms with E-state index >= 15 is 0 Å². The van der Waals surface area contributed by atoms with Gasteiger partial charge in [-0.15, -0.1) is 0 Å². The van der Waals surface area contributed by atoms with E-state index in [0.717, 1.165) is 19.3 Å². The lowest BCUT2D eigenvalue weighted by molar-refractivity contribution is 0.0954. The Balaban J connectivity index is 1.81. The number of aromatic amines is 1. The predicted octanol–water partition coefficient (Wildman–Crippen LogP) is 2.00. The molecule has 0 spiro atoms. The molecule has 1 aliphatic carbocycles. The van der Waals surface area contributed by atoms with Crippen LogP contribution in [0.4, 0.5) is 0 Å². The van der Waals surface area contributed by atoms with Crippen molar-refractivity contribution in [1.29, 1.82) is 0 Å². The monoisotopic (exact) mass is 246 g/mol. The van der Waals surface area contributed by atoms with E-state index < -0.39 is 0 Å². The van der Waals surface area contributed by atoms with E-state index in [1.54, 1.807) is 6.07 Å². The Morgan fingerprint density at radius 2 is 2.28 bits per heavy atom. The normalized spacial score (nSPS) is 15.0. The molecule has 0 aromatic carbocycles. The van der Waals surface area contributed by atoms with Gasteiger partial charge in [0.05, 0.1) is 0 Å². The Morgan fingerprint density at radius 1 is 1.39 bits per heavy atom. The molecule has 0 aliphatic heterocycles. The molecular formula is C14H18N2O2. The number of carbonyl (C=O) groups is 1. The van der Waals surface area contributed by atoms with E-state index in [1.165, 1.54) is 30.7 Å². The zero-order valence-corrected chi connectivity index (χ0v) is 10.4. The van der Waals surface area contributed by atoms with E-state index in [9.17, 15) is 9.59 Å². The summed E-state index contributed by atoms with van der Waals surface area (Å²) >= 11 is 0. The van der Waals surface area contributed by atoms with E-state index in [2.05, 4.69) is 16.4 Å². The second-order valence-corrected chi connectivity index (χ2v) is 4.56. The van der Waals surface area contributed by atoms with E-state index in [4.69, 9.17) is 0 Å². The molecule has 0 fully saturated rings. The van der Waals surface area contributed by atoms with Crippen molar-refractivity contribution in [3.8, 4) is 0 Å². The summed E-state index contributed by atoms with van der Waals surface area (Å²) in [6.07, 6.45) is 9.54. The van der Waals surface area contributed by atoms with Gasteiger partial charge in [0, 0.05) is 24.4 Å². The van der Waals surface area contributed by atoms with Crippen molar-refractivity contribution >= 4 is 5.91 Å². The smallest absolute Gasteiger partial charge is 0.251 e. The van der Waals surface area contributed by atoms with Gasteiger partial charge in [0.2, 0.25) is 5.56 Å². The van der Waals surface area contributed by atoms with Gasteiger partial charge < -0.3 is 10.3 Å². The van der Waals surface area contributed by atoms with Gasteiger partial charge in [0.1, 0.15) is 0 Å². The number of pyridine rings is 1. The molecule has 4 heteroatoms. The first-order valence-electron chi connectivity index (χ1n) is 6.40. The van der Waals surface area contributed by atoms with Crippen LogP contribution in [0.5, 0.6) is 0 Å². The summed E-state index contributed by atoms with van der Waals surface area (Å²) in [6, 6.07) is 2.92. The zero-order chi connectivity index (χ0) is 12.8. The van der Waals surface area contributed by atoms with Gasteiger partial charge in [-0.3, -0.25) is 9.59 Å². The highest BCUT2D eigenvalue weighted by atomic mass is 16.2. The minimum absolute atomic E-state index is 0.183. The molecule has 1 heterocycles. The first-order valence-corrected chi connectivity index (χ1v) is 6.40. The molecule has 2 rings (SSSR count). The van der Waals surface area contributed by atoms with Crippen molar-refractivity contribution < 1.29 is 4.79 Å². The fourth-order valence-electron chi connectivity index (χ4n) is 2.16. The lowest BCUT2D eigenvalue weighted by Gasteiger charge is -2.12. The SMILES string of the molecule is O=C(NCCC1=CCCCC1)c1cc[nH]c(=O)c1. The molecule has 1 aromatic heterocycles. The van der Waals surface area contributed by atoms with Gasteiger partial charge in [-0.1, -0.05) is 11.6 Å². The molecule has 1 aliphatic rings. The van der Waals surface area contributed by atoms with Crippen molar-refractivity contribution in [2.24, 2.45) is 0 Å². The van der Waals surface area contributed by atoms with Crippen LogP contribution in [0.2, 0.25) is 0 Å². The lowest BCUT2D eigenvalue weighted by atomic mass is 9.97. The first-order chi connectivity index (χ1) is 8.75. The number of hydrogen-bond acceptors (Lipinski definition) is 2. The van der Waals surface area contributed by atoms with Crippen LogP contribution >= 0.6 is 0 Å². The summed E-state index contributed by atoms with van der Waals surface area (Å²) in [4.78, 5) is 25.3. The minimum Gasteiger partial charge on any atom is -0.352 e. The van der Waals surface area contributed by atoms with Crippen LogP contribution < -0.4 is 10.9 Å². The minimum atomic E-state index is -0.252. The van der Waals surface area contributed by atoms with Crippen molar-refractivity contribution in [2.45, 2.75) is 32.1 Å². The van der Waals surface area contributed by atoms with Crippen LogP contribution in [0.25, 0.3) is 0 Å². The second-order valence-electron chi connectivity index (χ2n) is 4.56. The van der Waals surface area contributed by atoms with Crippen molar-refractivity contribution in [1.82, 2.24) is 10.3 Å². The third kappa shape index (κ3) is 3.58. The van der Waals surface area contributed by atoms with Gasteiger partial charge in [-0.25, -0.2) is 0 Å². The van der Waals surface area contributed by atoms with Gasteiger partial charge in [0.25, 0.3) is 5.91 Å². The van der Waals surface area contributed by atoms with Gasteiger partial charge >= 0.3 is 0 Å². The van der Waals surface area contributed by atoms with E-state index in [-0.39, 0.29) is 11.5 Å². The molecule has 0 radical (unpaired) electrons. The van der Waals surface area contributed by atoms with Gasteiger partial charge in [-0.05, 0) is 38.2 Å². The maximum atomic E-state index is 11.8. The Morgan fingerprint density at radius 3 is 3.00 bits per heavy atom. The number of amides is 1. The summed E-state index contributed by atoms with van der Waals surface area (Å²) in [5.41, 5.74) is 1.60. The average molecular weight is 246 g/mol. The standard InChI is InChI=1S/C14H18N2O2/c17-13-10-12(7-9-15-13)14(18)16-8-6-11-4-2-1-3-5-11/h4,7,9-10H,1-3,5-6,8H2,(H,15,17)(H,16,18). The Bertz CT molecular complexity index is 503. The number of H-pyrrole nitrogens is 1. The molecule has 2 N–H and O–H groups in total. The summed E-state index contributed by atoms with van der Waals surface area (Å²) in [5.74, 6) is -0.183. The van der Waals surface area contributed by atoms with Crippen molar-refractivity contribution in [2.75, 3.05) is 6.54 Å². The first kappa shape index (κ1) is 12.6. The lowest BCUT2D eigenvalue weighted by Crippen LogP contribution is -2.26. The fraction of sp³-hybridized carbons (Fsp3) is 0.429. The third-order valence-corrected chi connectivity index (χ3v) is 3.15. The summed E-state index contributed by atoms with van der Waals surface area (Å²) < 4.78 is 0. The molecule has 1 amide bonds. The number of allylic oxidation sites excluding steroid dienone is 1. The molecule has 4 nitrogen and oxygen atoms in total. The van der Waals surface area contributed by atoms with Crippen molar-refractivity contribution in [3.63, 3.8) is 0 Å². The molecule has 0 atom stereocenters. The van der Waals surface area contributed by atoms with Crippen LogP contribution in [0.1, 0.15) is 42.5 Å². The van der Waals surface area contributed by atoms with Crippen LogP contribution in [-0.4, -0.2) is 17.4 Å². The maximum Gasteiger partial charge on any atom is 0.251 e. The molecule has 0 unspecified atom stereocenters. The van der Waals surface area contributed by atoms with Crippen LogP contribution in [0, 0.1) is 0 Å². The fourth-order valence-corrected chi connectivity index (χ4v) is 2.16.